The third kappa shape index (κ3) is 5.30. The Kier molecular flexibility index (Phi) is 6.34. The van der Waals surface area contributed by atoms with Crippen molar-refractivity contribution in [3.8, 4) is 5.75 Å². The third-order valence-corrected chi connectivity index (χ3v) is 6.05. The predicted molar refractivity (Wildman–Crippen MR) is 123 cm³/mol. The summed E-state index contributed by atoms with van der Waals surface area (Å²) in [5.41, 5.74) is 6.18. The molecule has 33 heavy (non-hydrogen) atoms. The van der Waals surface area contributed by atoms with Crippen molar-refractivity contribution in [2.24, 2.45) is 0 Å². The molecule has 9 heteroatoms. The topological polar surface area (TPSA) is 76.3 Å². The number of aryl methyl sites for hydroxylation is 1. The molecule has 1 unspecified atom stereocenters. The number of likely N-dealkylation sites (tertiary alicyclic amines) is 1. The van der Waals surface area contributed by atoms with Gasteiger partial charge in [0.15, 0.2) is 0 Å². The first-order valence-electron chi connectivity index (χ1n) is 11.0. The van der Waals surface area contributed by atoms with Crippen molar-refractivity contribution in [1.82, 2.24) is 14.9 Å². The third-order valence-electron chi connectivity index (χ3n) is 6.05. The molecule has 1 aliphatic rings. The summed E-state index contributed by atoms with van der Waals surface area (Å²) in [5, 5.41) is 3.98. The van der Waals surface area contributed by atoms with Crippen LogP contribution in [0.5, 0.6) is 5.75 Å². The molecule has 176 valence electrons. The Hall–Kier alpha value is -3.07. The van der Waals surface area contributed by atoms with Gasteiger partial charge in [-0.05, 0) is 82.2 Å². The molecule has 2 heterocycles. The van der Waals surface area contributed by atoms with E-state index in [2.05, 4.69) is 27.2 Å². The van der Waals surface area contributed by atoms with Crippen molar-refractivity contribution < 1.29 is 17.9 Å². The highest BCUT2D eigenvalue weighted by molar-refractivity contribution is 5.90. The van der Waals surface area contributed by atoms with Gasteiger partial charge in [-0.2, -0.15) is 13.2 Å². The number of nitrogen functional groups attached to an aromatic ring is 1. The van der Waals surface area contributed by atoms with Crippen LogP contribution in [0.1, 0.15) is 42.8 Å². The van der Waals surface area contributed by atoms with Crippen molar-refractivity contribution in [3.05, 3.63) is 53.3 Å². The quantitative estimate of drug-likeness (QED) is 0.495. The maximum absolute atomic E-state index is 13.2. The number of benzene rings is 2. The van der Waals surface area contributed by atoms with E-state index < -0.39 is 17.8 Å². The molecular formula is C24H28F3N5O. The first-order valence-corrected chi connectivity index (χ1v) is 11.0. The lowest BCUT2D eigenvalue weighted by Crippen LogP contribution is -2.30. The first kappa shape index (κ1) is 23.1. The number of hydrogen-bond donors (Lipinski definition) is 2. The number of aromatic nitrogens is 2. The van der Waals surface area contributed by atoms with Crippen molar-refractivity contribution in [1.29, 1.82) is 0 Å². The second kappa shape index (κ2) is 9.05. The van der Waals surface area contributed by atoms with Gasteiger partial charge in [0.05, 0.1) is 17.1 Å². The molecule has 0 spiro atoms. The zero-order chi connectivity index (χ0) is 23.8. The number of anilines is 2. The van der Waals surface area contributed by atoms with Gasteiger partial charge in [0, 0.05) is 17.1 Å². The Morgan fingerprint density at radius 2 is 2.00 bits per heavy atom. The van der Waals surface area contributed by atoms with Crippen LogP contribution in [0.2, 0.25) is 0 Å². The summed E-state index contributed by atoms with van der Waals surface area (Å²) in [6.07, 6.45) is -2.19. The van der Waals surface area contributed by atoms with Crippen molar-refractivity contribution in [3.63, 3.8) is 0 Å². The number of likely N-dealkylation sites (N-methyl/N-ethyl adjacent to an activating group) is 1. The second-order valence-electron chi connectivity index (χ2n) is 8.64. The lowest BCUT2D eigenvalue weighted by atomic mass is 10.0. The number of nitrogens with one attached hydrogen (secondary N) is 1. The van der Waals surface area contributed by atoms with Gasteiger partial charge in [-0.25, -0.2) is 9.97 Å². The molecule has 3 N–H and O–H groups in total. The highest BCUT2D eigenvalue weighted by atomic mass is 19.4. The van der Waals surface area contributed by atoms with E-state index in [0.29, 0.717) is 35.6 Å². The van der Waals surface area contributed by atoms with Crippen molar-refractivity contribution in [2.45, 2.75) is 44.9 Å². The highest BCUT2D eigenvalue weighted by Gasteiger charge is 2.31. The van der Waals surface area contributed by atoms with E-state index >= 15 is 0 Å². The molecule has 0 saturated carbocycles. The second-order valence-corrected chi connectivity index (χ2v) is 8.64. The molecule has 1 aromatic heterocycles. The summed E-state index contributed by atoms with van der Waals surface area (Å²) in [6.45, 7) is 5.22. The van der Waals surface area contributed by atoms with Crippen LogP contribution >= 0.6 is 0 Å². The maximum Gasteiger partial charge on any atom is 0.416 e. The summed E-state index contributed by atoms with van der Waals surface area (Å²) >= 11 is 0. The van der Waals surface area contributed by atoms with Gasteiger partial charge in [-0.3, -0.25) is 0 Å². The molecule has 4 rings (SSSR count). The van der Waals surface area contributed by atoms with E-state index in [1.807, 2.05) is 18.2 Å². The zero-order valence-corrected chi connectivity index (χ0v) is 18.9. The minimum absolute atomic E-state index is 0.0600. The van der Waals surface area contributed by atoms with E-state index in [4.69, 9.17) is 10.5 Å². The molecule has 2 atom stereocenters. The lowest BCUT2D eigenvalue weighted by molar-refractivity contribution is -0.137. The van der Waals surface area contributed by atoms with Gasteiger partial charge in [0.2, 0.25) is 0 Å². The summed E-state index contributed by atoms with van der Waals surface area (Å²) in [4.78, 5) is 11.3. The molecule has 0 amide bonds. The van der Waals surface area contributed by atoms with Crippen LogP contribution in [0, 0.1) is 6.92 Å². The number of alkyl halides is 3. The molecule has 1 saturated heterocycles. The summed E-state index contributed by atoms with van der Waals surface area (Å²) in [5.74, 6) is 1.79. The zero-order valence-electron chi connectivity index (χ0n) is 18.9. The van der Waals surface area contributed by atoms with Crippen LogP contribution < -0.4 is 15.8 Å². The Labute approximate surface area is 191 Å². The van der Waals surface area contributed by atoms with Crippen LogP contribution in [-0.2, 0) is 6.18 Å². The summed E-state index contributed by atoms with van der Waals surface area (Å²) < 4.78 is 45.8. The Balaban J connectivity index is 1.60. The number of nitrogens with zero attached hydrogens (tertiary/aromatic N) is 3. The van der Waals surface area contributed by atoms with Crippen LogP contribution in [0.15, 0.2) is 36.4 Å². The van der Waals surface area contributed by atoms with Crippen molar-refractivity contribution in [2.75, 3.05) is 31.2 Å². The van der Waals surface area contributed by atoms with Crippen LogP contribution in [-0.4, -0.2) is 41.1 Å². The Bertz CT molecular complexity index is 1150. The first-order chi connectivity index (χ1) is 15.6. The van der Waals surface area contributed by atoms with Gasteiger partial charge >= 0.3 is 6.18 Å². The minimum Gasteiger partial charge on any atom is -0.492 e. The SMILES string of the molecule is Cc1nc(N[C@H](C)c2cc(N)cc(C(F)(F)F)c2)c2cc(OCC3CCCN3C)ccc2n1. The number of fused-ring (bicyclic) bond motifs is 1. The van der Waals surface area contributed by atoms with Gasteiger partial charge < -0.3 is 20.7 Å². The normalized spacial score (nSPS) is 17.9. The Morgan fingerprint density at radius 1 is 1.21 bits per heavy atom. The molecule has 1 aliphatic heterocycles. The van der Waals surface area contributed by atoms with E-state index in [-0.39, 0.29) is 5.69 Å². The van der Waals surface area contributed by atoms with Gasteiger partial charge in [0.25, 0.3) is 0 Å². The molecule has 0 bridgehead atoms. The van der Waals surface area contributed by atoms with Crippen LogP contribution in [0.3, 0.4) is 0 Å². The fourth-order valence-electron chi connectivity index (χ4n) is 4.18. The summed E-state index contributed by atoms with van der Waals surface area (Å²) in [7, 11) is 2.10. The number of hydrogen-bond acceptors (Lipinski definition) is 6. The lowest BCUT2D eigenvalue weighted by Gasteiger charge is -2.20. The van der Waals surface area contributed by atoms with E-state index in [1.165, 1.54) is 12.5 Å². The van der Waals surface area contributed by atoms with E-state index in [0.717, 1.165) is 36.0 Å². The Morgan fingerprint density at radius 3 is 2.70 bits per heavy atom. The smallest absolute Gasteiger partial charge is 0.416 e. The molecular weight excluding hydrogens is 431 g/mol. The monoisotopic (exact) mass is 459 g/mol. The number of nitrogens with two attached hydrogens (primary N) is 1. The molecule has 0 radical (unpaired) electrons. The largest absolute Gasteiger partial charge is 0.492 e. The summed E-state index contributed by atoms with van der Waals surface area (Å²) in [6, 6.07) is 9.13. The molecule has 1 fully saturated rings. The molecule has 6 nitrogen and oxygen atoms in total. The van der Waals surface area contributed by atoms with Gasteiger partial charge in [-0.1, -0.05) is 0 Å². The van der Waals surface area contributed by atoms with E-state index in [9.17, 15) is 13.2 Å². The number of ether oxygens (including phenoxy) is 1. The van der Waals surface area contributed by atoms with Crippen LogP contribution in [0.4, 0.5) is 24.7 Å². The molecule has 0 aliphatic carbocycles. The fraction of sp³-hybridized carbons (Fsp3) is 0.417. The standard InChI is InChI=1S/C24H28F3N5O/c1-14(16-9-17(24(25,26)27)11-18(28)10-16)29-23-21-12-20(6-7-22(21)30-15(2)31-23)33-13-19-5-4-8-32(19)3/h6-7,9-12,14,19H,4-5,8,13,28H2,1-3H3,(H,29,30,31)/t14-,19?/m1/s1. The van der Waals surface area contributed by atoms with E-state index in [1.54, 1.807) is 13.8 Å². The number of halogens is 3. The van der Waals surface area contributed by atoms with Gasteiger partial charge in [-0.15, -0.1) is 0 Å². The minimum atomic E-state index is -4.47. The average Bonchev–Trinajstić information content (AvgIpc) is 3.16. The van der Waals surface area contributed by atoms with Crippen LogP contribution in [0.25, 0.3) is 10.9 Å². The predicted octanol–water partition coefficient (Wildman–Crippen LogP) is 5.19. The van der Waals surface area contributed by atoms with Crippen molar-refractivity contribution >= 4 is 22.4 Å². The molecule has 2 aromatic carbocycles. The fourth-order valence-corrected chi connectivity index (χ4v) is 4.18. The van der Waals surface area contributed by atoms with Gasteiger partial charge in [0.1, 0.15) is 24.0 Å². The highest BCUT2D eigenvalue weighted by Crippen LogP contribution is 2.34. The maximum atomic E-state index is 13.2. The average molecular weight is 460 g/mol. The number of rotatable bonds is 6. The molecule has 3 aromatic rings.